The van der Waals surface area contributed by atoms with Gasteiger partial charge < -0.3 is 27.5 Å². The minimum absolute atomic E-state index is 0.0222. The summed E-state index contributed by atoms with van der Waals surface area (Å²) in [6.07, 6.45) is 12.9. The molecule has 1 saturated carbocycles. The molecule has 0 spiro atoms. The molecule has 6 nitrogen and oxygen atoms in total. The zero-order valence-corrected chi connectivity index (χ0v) is 26.7. The molecule has 0 radical (unpaired) electrons. The summed E-state index contributed by atoms with van der Waals surface area (Å²) >= 11 is 0. The third-order valence-corrected chi connectivity index (χ3v) is 10.8. The molecule has 228 valence electrons. The molecule has 0 saturated heterocycles. The Morgan fingerprint density at radius 3 is 1.21 bits per heavy atom. The normalized spacial score (nSPS) is 13.5. The van der Waals surface area contributed by atoms with E-state index in [0.717, 1.165) is 61.6 Å². The number of methoxy groups -OCH3 is 3. The number of allylic oxidation sites excluding steroid dienone is 3. The van der Waals surface area contributed by atoms with Gasteiger partial charge in [0.15, 0.2) is 34.5 Å². The molecule has 0 unspecified atom stereocenters. The molecule has 1 aliphatic carbocycles. The third-order valence-electron chi connectivity index (χ3n) is 7.69. The van der Waals surface area contributed by atoms with Crippen LogP contribution in [0.5, 0.6) is 34.5 Å². The van der Waals surface area contributed by atoms with E-state index in [-0.39, 0.29) is 5.54 Å². The van der Waals surface area contributed by atoms with E-state index in [4.69, 9.17) is 27.5 Å². The maximum absolute atomic E-state index is 7.06. The van der Waals surface area contributed by atoms with Crippen LogP contribution in [0.15, 0.2) is 92.6 Å². The highest BCUT2D eigenvalue weighted by molar-refractivity contribution is 6.65. The molecular formula is C36H44O6Si. The van der Waals surface area contributed by atoms with Crippen molar-refractivity contribution in [2.24, 2.45) is 0 Å². The van der Waals surface area contributed by atoms with E-state index >= 15 is 0 Å². The van der Waals surface area contributed by atoms with Gasteiger partial charge in [-0.2, -0.15) is 0 Å². The Morgan fingerprint density at radius 1 is 0.558 bits per heavy atom. The van der Waals surface area contributed by atoms with Crippen LogP contribution in [0.4, 0.5) is 0 Å². The quantitative estimate of drug-likeness (QED) is 0.121. The number of ether oxygens (including phenoxy) is 3. The van der Waals surface area contributed by atoms with Crippen LogP contribution in [0.3, 0.4) is 0 Å². The molecule has 7 heteroatoms. The van der Waals surface area contributed by atoms with Gasteiger partial charge in [-0.15, -0.1) is 19.7 Å². The highest BCUT2D eigenvalue weighted by atomic mass is 28.4. The molecule has 0 aliphatic heterocycles. The summed E-state index contributed by atoms with van der Waals surface area (Å²) in [7, 11) is 1.27. The Kier molecular flexibility index (Phi) is 11.4. The Labute approximate surface area is 257 Å². The van der Waals surface area contributed by atoms with E-state index in [1.807, 2.05) is 72.8 Å². The second kappa shape index (κ2) is 15.4. The molecule has 0 heterocycles. The number of hydrogen-bond acceptors (Lipinski definition) is 6. The van der Waals surface area contributed by atoms with E-state index in [1.54, 1.807) is 21.3 Å². The first kappa shape index (κ1) is 31.8. The lowest BCUT2D eigenvalue weighted by Gasteiger charge is -2.38. The van der Waals surface area contributed by atoms with Crippen molar-refractivity contribution in [3.8, 4) is 34.5 Å². The number of hydrogen-bond donors (Lipinski definition) is 0. The molecule has 0 N–H and O–H groups in total. The SMILES string of the molecule is C=CCc1ccc(O[Si](Oc2ccc(CC=C)cc2OC)(Oc2ccc(CC=C)cc2OC)C2CCCCC2)c(OC)c1. The summed E-state index contributed by atoms with van der Waals surface area (Å²) in [6.45, 7) is 11.6. The van der Waals surface area contributed by atoms with Crippen LogP contribution in [0.25, 0.3) is 0 Å². The summed E-state index contributed by atoms with van der Waals surface area (Å²) in [5, 5.41) is 0. The first-order chi connectivity index (χ1) is 21.0. The van der Waals surface area contributed by atoms with Gasteiger partial charge in [-0.3, -0.25) is 0 Å². The zero-order valence-electron chi connectivity index (χ0n) is 25.7. The fourth-order valence-electron chi connectivity index (χ4n) is 5.50. The Balaban J connectivity index is 1.89. The smallest absolute Gasteiger partial charge is 0.493 e. The lowest BCUT2D eigenvalue weighted by atomic mass is 10.0. The fraction of sp³-hybridized carbons (Fsp3) is 0.333. The molecule has 1 fully saturated rings. The maximum atomic E-state index is 7.06. The Hall–Kier alpha value is -4.10. The molecule has 3 aromatic carbocycles. The van der Waals surface area contributed by atoms with Crippen LogP contribution in [0.1, 0.15) is 48.8 Å². The second-order valence-electron chi connectivity index (χ2n) is 10.7. The van der Waals surface area contributed by atoms with Crippen LogP contribution >= 0.6 is 0 Å². The Morgan fingerprint density at radius 2 is 0.907 bits per heavy atom. The van der Waals surface area contributed by atoms with Gasteiger partial charge in [-0.1, -0.05) is 55.7 Å². The predicted molar refractivity (Wildman–Crippen MR) is 175 cm³/mol. The summed E-state index contributed by atoms with van der Waals surface area (Å²) in [4.78, 5) is 0. The predicted octanol–water partition coefficient (Wildman–Crippen LogP) is 8.71. The van der Waals surface area contributed by atoms with Gasteiger partial charge in [0.2, 0.25) is 0 Å². The monoisotopic (exact) mass is 600 g/mol. The van der Waals surface area contributed by atoms with Crippen LogP contribution in [-0.4, -0.2) is 30.1 Å². The topological polar surface area (TPSA) is 55.4 Å². The minimum Gasteiger partial charge on any atom is -0.493 e. The summed E-state index contributed by atoms with van der Waals surface area (Å²) in [5.41, 5.74) is 3.24. The minimum atomic E-state index is -3.67. The van der Waals surface area contributed by atoms with E-state index in [0.29, 0.717) is 34.5 Å². The molecule has 43 heavy (non-hydrogen) atoms. The van der Waals surface area contributed by atoms with Gasteiger partial charge in [-0.05, 0) is 85.2 Å². The van der Waals surface area contributed by atoms with Crippen LogP contribution in [0, 0.1) is 0 Å². The molecule has 0 aromatic heterocycles. The van der Waals surface area contributed by atoms with Crippen molar-refractivity contribution < 1.29 is 27.5 Å². The van der Waals surface area contributed by atoms with Crippen molar-refractivity contribution in [2.75, 3.05) is 21.3 Å². The highest BCUT2D eigenvalue weighted by Gasteiger charge is 2.58. The van der Waals surface area contributed by atoms with Crippen LogP contribution in [-0.2, 0) is 19.3 Å². The van der Waals surface area contributed by atoms with Gasteiger partial charge in [0, 0.05) is 0 Å². The van der Waals surface area contributed by atoms with Gasteiger partial charge in [-0.25, -0.2) is 0 Å². The number of benzene rings is 3. The molecule has 0 atom stereocenters. The van der Waals surface area contributed by atoms with E-state index in [9.17, 15) is 0 Å². The summed E-state index contributed by atoms with van der Waals surface area (Å²) in [5.74, 6) is 3.54. The molecule has 0 amide bonds. The average Bonchev–Trinajstić information content (AvgIpc) is 3.03. The first-order valence-electron chi connectivity index (χ1n) is 14.9. The van der Waals surface area contributed by atoms with Crippen molar-refractivity contribution in [2.45, 2.75) is 56.9 Å². The maximum Gasteiger partial charge on any atom is 0.703 e. The third kappa shape index (κ3) is 7.85. The molecular weight excluding hydrogens is 556 g/mol. The summed E-state index contributed by atoms with van der Waals surface area (Å²) < 4.78 is 38.7. The molecule has 0 bridgehead atoms. The fourth-order valence-corrected chi connectivity index (χ4v) is 8.66. The lowest BCUT2D eigenvalue weighted by Crippen LogP contribution is -2.59. The van der Waals surface area contributed by atoms with E-state index < -0.39 is 8.80 Å². The van der Waals surface area contributed by atoms with Crippen molar-refractivity contribution >= 4 is 8.80 Å². The largest absolute Gasteiger partial charge is 0.703 e. The van der Waals surface area contributed by atoms with Crippen molar-refractivity contribution in [3.63, 3.8) is 0 Å². The molecule has 4 rings (SSSR count). The van der Waals surface area contributed by atoms with Crippen molar-refractivity contribution in [3.05, 3.63) is 109 Å². The lowest BCUT2D eigenvalue weighted by molar-refractivity contribution is 0.215. The van der Waals surface area contributed by atoms with Crippen LogP contribution < -0.4 is 27.5 Å². The first-order valence-corrected chi connectivity index (χ1v) is 16.7. The van der Waals surface area contributed by atoms with Gasteiger partial charge in [0.25, 0.3) is 0 Å². The van der Waals surface area contributed by atoms with E-state index in [2.05, 4.69) is 19.7 Å². The number of rotatable bonds is 16. The second-order valence-corrected chi connectivity index (χ2v) is 13.3. The molecule has 1 aliphatic rings. The Bertz CT molecular complexity index is 1240. The standard InChI is InChI=1S/C36H44O6Si/c1-7-13-27-18-21-31(34(24-27)37-4)40-43(30-16-11-10-12-17-30,41-32-22-19-28(14-8-2)25-35(32)38-5)42-33-23-20-29(15-9-3)26-36(33)39-6/h7-9,18-26,30H,1-3,10-17H2,4-6H3. The highest BCUT2D eigenvalue weighted by Crippen LogP contribution is 2.45. The van der Waals surface area contributed by atoms with Gasteiger partial charge in [0.1, 0.15) is 0 Å². The summed E-state index contributed by atoms with van der Waals surface area (Å²) in [6, 6.07) is 17.8. The van der Waals surface area contributed by atoms with Crippen LogP contribution in [0.2, 0.25) is 5.54 Å². The van der Waals surface area contributed by atoms with Gasteiger partial charge >= 0.3 is 8.80 Å². The molecule has 3 aromatic rings. The van der Waals surface area contributed by atoms with Crippen molar-refractivity contribution in [1.82, 2.24) is 0 Å². The van der Waals surface area contributed by atoms with Gasteiger partial charge in [0.05, 0.1) is 26.9 Å². The van der Waals surface area contributed by atoms with Crippen molar-refractivity contribution in [1.29, 1.82) is 0 Å². The zero-order chi connectivity index (χ0) is 30.7. The van der Waals surface area contributed by atoms with E-state index in [1.165, 1.54) is 6.42 Å². The average molecular weight is 601 g/mol.